The quantitative estimate of drug-likeness (QED) is 0.163. The van der Waals surface area contributed by atoms with Gasteiger partial charge >= 0.3 is 0 Å². The van der Waals surface area contributed by atoms with Gasteiger partial charge in [-0.25, -0.2) is 12.7 Å². The number of primary amides is 1. The number of nitrogens with one attached hydrogen (secondary N) is 1. The number of carbonyl (C=O) groups is 3. The Labute approximate surface area is 303 Å². The number of benzene rings is 4. The van der Waals surface area contributed by atoms with E-state index in [0.29, 0.717) is 21.0 Å². The minimum atomic E-state index is -4.69. The number of carbonyl (C=O) groups excluding carboxylic acids is 3. The normalized spacial score (nSPS) is 12.6. The van der Waals surface area contributed by atoms with Gasteiger partial charge in [0.05, 0.1) is 4.90 Å². The maximum absolute atomic E-state index is 15.1. The first-order valence-corrected chi connectivity index (χ1v) is 18.2. The topological polar surface area (TPSA) is 147 Å². The van der Waals surface area contributed by atoms with Gasteiger partial charge in [0, 0.05) is 54.9 Å². The van der Waals surface area contributed by atoms with Crippen molar-refractivity contribution in [3.63, 3.8) is 0 Å². The van der Waals surface area contributed by atoms with Crippen molar-refractivity contribution >= 4 is 38.6 Å². The SMILES string of the molecule is Cc1cc(C)cc(C(=O)N(C)[C@@H](Cc2ccc(-c3cccnc3)cc2)C(=O)N([C@@H](Cc2c[nH]c3ccccc23)C(N)=O)S(=O)(=O)c2ccccc2)c1. The number of pyridine rings is 1. The van der Waals surface area contributed by atoms with Crippen molar-refractivity contribution in [2.24, 2.45) is 5.73 Å². The van der Waals surface area contributed by atoms with Crippen LogP contribution in [0.1, 0.15) is 32.6 Å². The molecule has 0 fully saturated rings. The van der Waals surface area contributed by atoms with Crippen molar-refractivity contribution in [3.8, 4) is 11.1 Å². The molecule has 0 aliphatic carbocycles. The average molecular weight is 714 g/mol. The fourth-order valence-corrected chi connectivity index (χ4v) is 8.12. The summed E-state index contributed by atoms with van der Waals surface area (Å²) in [5.41, 5.74) is 11.9. The molecule has 3 amide bonds. The van der Waals surface area contributed by atoms with Crippen LogP contribution in [0.25, 0.3) is 22.0 Å². The van der Waals surface area contributed by atoms with Crippen molar-refractivity contribution in [3.05, 3.63) is 156 Å². The Kier molecular flexibility index (Phi) is 10.3. The maximum atomic E-state index is 15.1. The van der Waals surface area contributed by atoms with E-state index in [0.717, 1.165) is 33.2 Å². The molecule has 2 atom stereocenters. The highest BCUT2D eigenvalue weighted by Gasteiger charge is 2.44. The number of fused-ring (bicyclic) bond motifs is 1. The predicted molar refractivity (Wildman–Crippen MR) is 201 cm³/mol. The number of aryl methyl sites for hydroxylation is 2. The zero-order chi connectivity index (χ0) is 37.0. The number of nitrogens with zero attached hydrogens (tertiary/aromatic N) is 3. The molecule has 2 heterocycles. The van der Waals surface area contributed by atoms with Gasteiger partial charge < -0.3 is 15.6 Å². The molecule has 0 aliphatic heterocycles. The summed E-state index contributed by atoms with van der Waals surface area (Å²) in [4.78, 5) is 51.1. The number of H-pyrrole nitrogens is 1. The Morgan fingerprint density at radius 1 is 0.788 bits per heavy atom. The molecular weight excluding hydrogens is 675 g/mol. The van der Waals surface area contributed by atoms with E-state index < -0.39 is 39.8 Å². The van der Waals surface area contributed by atoms with Crippen molar-refractivity contribution < 1.29 is 22.8 Å². The number of nitrogens with two attached hydrogens (primary N) is 1. The number of amides is 3. The summed E-state index contributed by atoms with van der Waals surface area (Å²) >= 11 is 0. The van der Waals surface area contributed by atoms with E-state index in [2.05, 4.69) is 9.97 Å². The Hall–Kier alpha value is -6.07. The van der Waals surface area contributed by atoms with E-state index in [4.69, 9.17) is 5.73 Å². The number of hydrogen-bond acceptors (Lipinski definition) is 6. The molecule has 0 saturated carbocycles. The summed E-state index contributed by atoms with van der Waals surface area (Å²) in [7, 11) is -3.22. The molecule has 11 heteroatoms. The Bertz CT molecular complexity index is 2320. The molecule has 2 aromatic heterocycles. The van der Waals surface area contributed by atoms with Gasteiger partial charge in [-0.3, -0.25) is 19.4 Å². The number of aromatic amines is 1. The highest BCUT2D eigenvalue weighted by molar-refractivity contribution is 7.89. The molecule has 3 N–H and O–H groups in total. The van der Waals surface area contributed by atoms with Gasteiger partial charge in [-0.15, -0.1) is 0 Å². The molecular formula is C41H39N5O5S. The first kappa shape index (κ1) is 35.7. The summed E-state index contributed by atoms with van der Waals surface area (Å²) in [5.74, 6) is -2.47. The smallest absolute Gasteiger partial charge is 0.267 e. The molecule has 6 rings (SSSR count). The van der Waals surface area contributed by atoms with E-state index in [1.807, 2.05) is 80.6 Å². The maximum Gasteiger partial charge on any atom is 0.267 e. The second-order valence-corrected chi connectivity index (χ2v) is 14.7. The lowest BCUT2D eigenvalue weighted by atomic mass is 9.98. The van der Waals surface area contributed by atoms with Gasteiger partial charge in [-0.2, -0.15) is 0 Å². The van der Waals surface area contributed by atoms with Crippen LogP contribution in [-0.2, 0) is 32.5 Å². The minimum Gasteiger partial charge on any atom is -0.368 e. The number of para-hydroxylation sites is 1. The Balaban J connectivity index is 1.47. The van der Waals surface area contributed by atoms with Crippen molar-refractivity contribution in [1.82, 2.24) is 19.2 Å². The summed E-state index contributed by atoms with van der Waals surface area (Å²) in [6.45, 7) is 3.74. The largest absolute Gasteiger partial charge is 0.368 e. The summed E-state index contributed by atoms with van der Waals surface area (Å²) in [6, 6.07) is 28.3. The van der Waals surface area contributed by atoms with Crippen molar-refractivity contribution in [2.75, 3.05) is 7.05 Å². The fourth-order valence-electron chi connectivity index (χ4n) is 6.52. The third-order valence-corrected chi connectivity index (χ3v) is 11.0. The number of sulfonamides is 1. The van der Waals surface area contributed by atoms with Gasteiger partial charge in [-0.1, -0.05) is 83.9 Å². The molecule has 52 heavy (non-hydrogen) atoms. The van der Waals surface area contributed by atoms with Crippen LogP contribution in [0.3, 0.4) is 0 Å². The second kappa shape index (κ2) is 15.0. The lowest BCUT2D eigenvalue weighted by molar-refractivity contribution is -0.137. The molecule has 6 aromatic rings. The van der Waals surface area contributed by atoms with Gasteiger partial charge in [-0.05, 0) is 72.5 Å². The van der Waals surface area contributed by atoms with Crippen LogP contribution in [-0.4, -0.2) is 64.4 Å². The molecule has 0 bridgehead atoms. The molecule has 0 spiro atoms. The van der Waals surface area contributed by atoms with Crippen LogP contribution in [0.5, 0.6) is 0 Å². The Morgan fingerprint density at radius 3 is 2.12 bits per heavy atom. The van der Waals surface area contributed by atoms with E-state index >= 15 is 4.79 Å². The first-order chi connectivity index (χ1) is 24.9. The zero-order valence-electron chi connectivity index (χ0n) is 29.1. The van der Waals surface area contributed by atoms with Gasteiger partial charge in [0.15, 0.2) is 0 Å². The van der Waals surface area contributed by atoms with Crippen LogP contribution in [0.15, 0.2) is 133 Å². The van der Waals surface area contributed by atoms with Crippen LogP contribution < -0.4 is 5.73 Å². The standard InChI is InChI=1S/C41H39N5O5S/c1-27-20-28(2)22-32(21-27)40(48)45(3)38(23-29-15-17-30(18-16-29)31-10-9-19-43-25-31)41(49)46(52(50,51)34-11-5-4-6-12-34)37(39(42)47)24-33-26-44-36-14-8-7-13-35(33)36/h4-22,25-26,37-38,44H,23-24H2,1-3H3,(H2,42,47)/t37-,38-/m0/s1. The van der Waals surface area contributed by atoms with E-state index in [9.17, 15) is 18.0 Å². The third-order valence-electron chi connectivity index (χ3n) is 9.14. The van der Waals surface area contributed by atoms with E-state index in [1.165, 1.54) is 36.2 Å². The number of likely N-dealkylation sites (N-methyl/N-ethyl adjacent to an activating group) is 1. The number of aromatic nitrogens is 2. The Morgan fingerprint density at radius 2 is 1.46 bits per heavy atom. The van der Waals surface area contributed by atoms with Crippen LogP contribution in [0, 0.1) is 13.8 Å². The van der Waals surface area contributed by atoms with Crippen LogP contribution in [0.4, 0.5) is 0 Å². The molecule has 10 nitrogen and oxygen atoms in total. The third kappa shape index (κ3) is 7.50. The van der Waals surface area contributed by atoms with Gasteiger partial charge in [0.1, 0.15) is 12.1 Å². The fraction of sp³-hybridized carbons (Fsp3) is 0.171. The predicted octanol–water partition coefficient (Wildman–Crippen LogP) is 5.84. The van der Waals surface area contributed by atoms with Gasteiger partial charge in [0.2, 0.25) is 5.91 Å². The van der Waals surface area contributed by atoms with Crippen molar-refractivity contribution in [1.29, 1.82) is 0 Å². The zero-order valence-corrected chi connectivity index (χ0v) is 29.9. The van der Waals surface area contributed by atoms with E-state index in [1.54, 1.807) is 36.8 Å². The summed E-state index contributed by atoms with van der Waals surface area (Å²) in [6.07, 6.45) is 4.85. The highest BCUT2D eigenvalue weighted by Crippen LogP contribution is 2.28. The van der Waals surface area contributed by atoms with E-state index in [-0.39, 0.29) is 17.7 Å². The second-order valence-electron chi connectivity index (χ2n) is 12.9. The number of rotatable bonds is 12. The first-order valence-electron chi connectivity index (χ1n) is 16.8. The summed E-state index contributed by atoms with van der Waals surface area (Å²) < 4.78 is 29.8. The molecule has 4 aromatic carbocycles. The molecule has 0 radical (unpaired) electrons. The van der Waals surface area contributed by atoms with Crippen LogP contribution in [0.2, 0.25) is 0 Å². The molecule has 0 saturated heterocycles. The lowest BCUT2D eigenvalue weighted by Gasteiger charge is -2.35. The minimum absolute atomic E-state index is 0.0570. The lowest BCUT2D eigenvalue weighted by Crippen LogP contribution is -2.58. The monoisotopic (exact) mass is 713 g/mol. The van der Waals surface area contributed by atoms with Crippen molar-refractivity contribution in [2.45, 2.75) is 43.7 Å². The van der Waals surface area contributed by atoms with Gasteiger partial charge in [0.25, 0.3) is 21.8 Å². The summed E-state index contributed by atoms with van der Waals surface area (Å²) in [5, 5.41) is 0.755. The molecule has 0 unspecified atom stereocenters. The molecule has 0 aliphatic rings. The molecule has 264 valence electrons. The van der Waals surface area contributed by atoms with Crippen LogP contribution >= 0.6 is 0 Å². The number of hydrogen-bond donors (Lipinski definition) is 2. The average Bonchev–Trinajstić information content (AvgIpc) is 3.56. The highest BCUT2D eigenvalue weighted by atomic mass is 32.2.